The summed E-state index contributed by atoms with van der Waals surface area (Å²) in [5.74, 6) is 0. The number of fused-ring (bicyclic) bond motifs is 6. The van der Waals surface area contributed by atoms with Crippen LogP contribution >= 0.6 is 0 Å². The average molecular weight is 375 g/mol. The Kier molecular flexibility index (Phi) is 3.69. The van der Waals surface area contributed by atoms with Crippen molar-refractivity contribution >= 4 is 39.2 Å². The van der Waals surface area contributed by atoms with Gasteiger partial charge < -0.3 is 5.32 Å². The van der Waals surface area contributed by atoms with Gasteiger partial charge in [-0.05, 0) is 6.92 Å². The molecule has 0 radical (unpaired) electrons. The molecular weight excluding hydrogens is 370 g/mol. The van der Waals surface area contributed by atoms with Crippen molar-refractivity contribution in [2.45, 2.75) is 13.0 Å². The minimum Gasteiger partial charge on any atom is -0.373 e. The van der Waals surface area contributed by atoms with E-state index in [4.69, 9.17) is 0 Å². The van der Waals surface area contributed by atoms with E-state index >= 15 is 0 Å². The number of rotatable bonds is 0. The first-order valence-electron chi connectivity index (χ1n) is 8.01. The van der Waals surface area contributed by atoms with Crippen molar-refractivity contribution in [2.24, 2.45) is 4.99 Å². The van der Waals surface area contributed by atoms with Gasteiger partial charge in [0, 0.05) is 0 Å². The number of anilines is 1. The Morgan fingerprint density at radius 1 is 0.655 bits per heavy atom. The third-order valence-corrected chi connectivity index (χ3v) is 4.26. The van der Waals surface area contributed by atoms with Crippen LogP contribution in [-0.4, -0.2) is 31.7 Å². The SMILES string of the molecule is CC1Nc2c(c3nc(C#N)c(C#N)nc3c3nc(C#N)c(C#N)nc23)N=C1C#N. The number of aliphatic imine (C=N–C) groups is 1. The van der Waals surface area contributed by atoms with Crippen molar-refractivity contribution in [3.8, 4) is 30.3 Å². The molecule has 1 aliphatic heterocycles. The van der Waals surface area contributed by atoms with E-state index in [1.807, 2.05) is 12.1 Å². The molecule has 29 heavy (non-hydrogen) atoms. The Hall–Kier alpha value is -5.18. The van der Waals surface area contributed by atoms with Gasteiger partial charge in [0.15, 0.2) is 22.8 Å². The van der Waals surface area contributed by atoms with Crippen LogP contribution in [-0.2, 0) is 0 Å². The van der Waals surface area contributed by atoms with Gasteiger partial charge in [0.25, 0.3) is 0 Å². The number of nitrogens with one attached hydrogen (secondary N) is 1. The van der Waals surface area contributed by atoms with E-state index < -0.39 is 6.04 Å². The lowest BCUT2D eigenvalue weighted by Crippen LogP contribution is -2.28. The summed E-state index contributed by atoms with van der Waals surface area (Å²) in [7, 11) is 0. The Balaban J connectivity index is 2.31. The van der Waals surface area contributed by atoms with Gasteiger partial charge in [-0.15, -0.1) is 0 Å². The van der Waals surface area contributed by atoms with Crippen LogP contribution in [0.1, 0.15) is 29.7 Å². The highest BCUT2D eigenvalue weighted by molar-refractivity contribution is 6.19. The number of aromatic nitrogens is 4. The summed E-state index contributed by atoms with van der Waals surface area (Å²) in [6.45, 7) is 1.72. The van der Waals surface area contributed by atoms with Crippen LogP contribution in [0, 0.1) is 56.7 Å². The van der Waals surface area contributed by atoms with Gasteiger partial charge in [0.1, 0.15) is 63.8 Å². The molecule has 0 spiro atoms. The molecule has 1 unspecified atom stereocenters. The molecule has 11 nitrogen and oxygen atoms in total. The second-order valence-corrected chi connectivity index (χ2v) is 5.88. The van der Waals surface area contributed by atoms with Crippen molar-refractivity contribution in [1.29, 1.82) is 26.3 Å². The van der Waals surface area contributed by atoms with E-state index in [0.29, 0.717) is 5.69 Å². The second kappa shape index (κ2) is 6.21. The van der Waals surface area contributed by atoms with Crippen molar-refractivity contribution in [3.63, 3.8) is 0 Å². The molecule has 0 bridgehead atoms. The Morgan fingerprint density at radius 2 is 1.10 bits per heavy atom. The highest BCUT2D eigenvalue weighted by Gasteiger charge is 2.28. The zero-order valence-corrected chi connectivity index (χ0v) is 14.5. The zero-order valence-electron chi connectivity index (χ0n) is 14.5. The lowest BCUT2D eigenvalue weighted by Gasteiger charge is -2.22. The number of benzene rings is 1. The summed E-state index contributed by atoms with van der Waals surface area (Å²) < 4.78 is 0. The molecule has 11 heteroatoms. The molecule has 0 amide bonds. The number of hydrogen-bond acceptors (Lipinski definition) is 11. The van der Waals surface area contributed by atoms with Crippen LogP contribution in [0.2, 0.25) is 0 Å². The maximum atomic E-state index is 9.35. The number of nitrogens with zero attached hydrogens (tertiary/aromatic N) is 10. The molecule has 2 aromatic heterocycles. The first-order valence-corrected chi connectivity index (χ1v) is 8.01. The summed E-state index contributed by atoms with van der Waals surface area (Å²) in [5.41, 5.74) is 0.390. The molecule has 0 saturated carbocycles. The fourth-order valence-electron chi connectivity index (χ4n) is 2.95. The number of nitriles is 5. The zero-order chi connectivity index (χ0) is 20.7. The lowest BCUT2D eigenvalue weighted by atomic mass is 10.1. The Labute approximate surface area is 162 Å². The normalized spacial score (nSPS) is 14.3. The van der Waals surface area contributed by atoms with Crippen molar-refractivity contribution in [3.05, 3.63) is 22.8 Å². The fourth-order valence-corrected chi connectivity index (χ4v) is 2.95. The minimum absolute atomic E-state index is 0.0835. The summed E-state index contributed by atoms with van der Waals surface area (Å²) >= 11 is 0. The van der Waals surface area contributed by atoms with Gasteiger partial charge in [-0.25, -0.2) is 24.9 Å². The van der Waals surface area contributed by atoms with Gasteiger partial charge >= 0.3 is 0 Å². The molecule has 1 atom stereocenters. The molecule has 0 saturated heterocycles. The summed E-state index contributed by atoms with van der Waals surface area (Å²) in [6, 6.07) is 8.76. The first-order chi connectivity index (χ1) is 14.1. The maximum absolute atomic E-state index is 9.35. The maximum Gasteiger partial charge on any atom is 0.177 e. The molecule has 1 aliphatic rings. The van der Waals surface area contributed by atoms with Crippen LogP contribution in [0.4, 0.5) is 11.4 Å². The molecule has 1 aromatic carbocycles. The van der Waals surface area contributed by atoms with Crippen LogP contribution in [0.15, 0.2) is 4.99 Å². The van der Waals surface area contributed by atoms with Crippen molar-refractivity contribution in [1.82, 2.24) is 19.9 Å². The van der Waals surface area contributed by atoms with Crippen molar-refractivity contribution < 1.29 is 0 Å². The summed E-state index contributed by atoms with van der Waals surface area (Å²) in [4.78, 5) is 21.2. The highest BCUT2D eigenvalue weighted by atomic mass is 15.0. The summed E-state index contributed by atoms with van der Waals surface area (Å²) in [6.07, 6.45) is 0. The number of hydrogen-bond donors (Lipinski definition) is 1. The molecule has 0 fully saturated rings. The average Bonchev–Trinajstić information content (AvgIpc) is 2.76. The summed E-state index contributed by atoms with van der Waals surface area (Å²) in [5, 5.41) is 49.6. The van der Waals surface area contributed by atoms with Gasteiger partial charge in [-0.1, -0.05) is 0 Å². The largest absolute Gasteiger partial charge is 0.373 e. The van der Waals surface area contributed by atoms with Gasteiger partial charge in [-0.2, -0.15) is 26.3 Å². The highest BCUT2D eigenvalue weighted by Crippen LogP contribution is 2.42. The van der Waals surface area contributed by atoms with E-state index in [1.165, 1.54) is 0 Å². The molecule has 1 N–H and O–H groups in total. The minimum atomic E-state index is -0.460. The second-order valence-electron chi connectivity index (χ2n) is 5.88. The predicted octanol–water partition coefficient (Wildman–Crippen LogP) is 1.47. The van der Waals surface area contributed by atoms with E-state index in [2.05, 4.69) is 30.2 Å². The smallest absolute Gasteiger partial charge is 0.177 e. The fraction of sp³-hybridized carbons (Fsp3) is 0.111. The van der Waals surface area contributed by atoms with E-state index in [-0.39, 0.29) is 56.2 Å². The molecule has 0 aliphatic carbocycles. The molecule has 3 aromatic rings. The molecule has 132 valence electrons. The molecule has 3 heterocycles. The molecule has 4 rings (SSSR count). The van der Waals surface area contributed by atoms with Crippen LogP contribution in [0.25, 0.3) is 22.1 Å². The van der Waals surface area contributed by atoms with Gasteiger partial charge in [0.05, 0.1) is 11.7 Å². The van der Waals surface area contributed by atoms with Crippen LogP contribution in [0.5, 0.6) is 0 Å². The quantitative estimate of drug-likeness (QED) is 0.562. The first kappa shape index (κ1) is 17.2. The topological polar surface area (TPSA) is 195 Å². The van der Waals surface area contributed by atoms with Crippen molar-refractivity contribution in [2.75, 3.05) is 5.32 Å². The van der Waals surface area contributed by atoms with Crippen LogP contribution < -0.4 is 5.32 Å². The Morgan fingerprint density at radius 3 is 1.59 bits per heavy atom. The van der Waals surface area contributed by atoms with Gasteiger partial charge in [0.2, 0.25) is 0 Å². The lowest BCUT2D eigenvalue weighted by molar-refractivity contribution is 1.03. The third-order valence-electron chi connectivity index (χ3n) is 4.26. The third kappa shape index (κ3) is 2.35. The van der Waals surface area contributed by atoms with E-state index in [0.717, 1.165) is 0 Å². The predicted molar refractivity (Wildman–Crippen MR) is 97.3 cm³/mol. The van der Waals surface area contributed by atoms with Gasteiger partial charge in [-0.3, -0.25) is 0 Å². The van der Waals surface area contributed by atoms with E-state index in [9.17, 15) is 26.3 Å². The monoisotopic (exact) mass is 375 g/mol. The van der Waals surface area contributed by atoms with Crippen LogP contribution in [0.3, 0.4) is 0 Å². The molecular formula is C18H5N11. The van der Waals surface area contributed by atoms with E-state index in [1.54, 1.807) is 25.1 Å². The standard InChI is InChI=1S/C18H5N11/c1-7-8(2-19)25-14-13(24-7)15-17(28-10(4-21)9(3-20)26-15)18-16(14)27-11(5-22)12(6-23)29-18/h7,24H,1H3. The Bertz CT molecular complexity index is 1500.